The van der Waals surface area contributed by atoms with Crippen LogP contribution in [0.15, 0.2) is 0 Å². The van der Waals surface area contributed by atoms with Crippen LogP contribution in [0, 0.1) is 5.41 Å². The van der Waals surface area contributed by atoms with Gasteiger partial charge in [-0.25, -0.2) is 5.48 Å². The van der Waals surface area contributed by atoms with E-state index in [1.165, 1.54) is 0 Å². The van der Waals surface area contributed by atoms with Gasteiger partial charge >= 0.3 is 6.18 Å². The summed E-state index contributed by atoms with van der Waals surface area (Å²) in [5.41, 5.74) is 6.58. The molecule has 7 heteroatoms. The summed E-state index contributed by atoms with van der Waals surface area (Å²) < 4.78 is 35.3. The normalized spacial score (nSPS) is 19.8. The lowest BCUT2D eigenvalue weighted by Crippen LogP contribution is -2.45. The zero-order valence-electron chi connectivity index (χ0n) is 8.77. The zero-order valence-corrected chi connectivity index (χ0v) is 8.77. The number of rotatable bonds is 4. The Balaban J connectivity index is 2.39. The molecule has 4 nitrogen and oxygen atoms in total. The van der Waals surface area contributed by atoms with Crippen molar-refractivity contribution in [1.29, 1.82) is 0 Å². The molecule has 0 unspecified atom stereocenters. The molecule has 0 aliphatic heterocycles. The Kier molecular flexibility index (Phi) is 4.15. The molecule has 1 aliphatic rings. The number of amides is 1. The van der Waals surface area contributed by atoms with E-state index in [1.807, 2.05) is 5.48 Å². The van der Waals surface area contributed by atoms with E-state index in [1.54, 1.807) is 0 Å². The maximum Gasteiger partial charge on any atom is 0.414 e. The van der Waals surface area contributed by atoms with Gasteiger partial charge in [-0.2, -0.15) is 13.2 Å². The van der Waals surface area contributed by atoms with Crippen LogP contribution in [-0.4, -0.2) is 25.2 Å². The van der Waals surface area contributed by atoms with Crippen molar-refractivity contribution in [2.75, 3.05) is 13.2 Å². The standard InChI is InChI=1S/C9H15F3N2O2/c10-9(11,12)6-16-14-7(15)8(5-13)3-1-2-4-8/h1-6,13H2,(H,14,15). The Labute approximate surface area is 91.3 Å². The number of carbonyl (C=O) groups is 1. The lowest BCUT2D eigenvalue weighted by Gasteiger charge is -2.25. The fourth-order valence-electron chi connectivity index (χ4n) is 1.87. The number of hydrogen-bond acceptors (Lipinski definition) is 3. The lowest BCUT2D eigenvalue weighted by molar-refractivity contribution is -0.194. The van der Waals surface area contributed by atoms with Crippen LogP contribution in [0.5, 0.6) is 0 Å². The fraction of sp³-hybridized carbons (Fsp3) is 0.889. The Bertz CT molecular complexity index is 250. The molecular formula is C9H15F3N2O2. The molecule has 0 spiro atoms. The highest BCUT2D eigenvalue weighted by Gasteiger charge is 2.40. The summed E-state index contributed by atoms with van der Waals surface area (Å²) in [4.78, 5) is 15.7. The van der Waals surface area contributed by atoms with Gasteiger partial charge in [0, 0.05) is 6.54 Å². The van der Waals surface area contributed by atoms with Crippen LogP contribution >= 0.6 is 0 Å². The summed E-state index contributed by atoms with van der Waals surface area (Å²) in [5.74, 6) is -0.545. The Morgan fingerprint density at radius 3 is 2.38 bits per heavy atom. The van der Waals surface area contributed by atoms with E-state index in [2.05, 4.69) is 4.84 Å². The molecule has 1 rings (SSSR count). The van der Waals surface area contributed by atoms with E-state index in [9.17, 15) is 18.0 Å². The molecule has 0 atom stereocenters. The van der Waals surface area contributed by atoms with Crippen LogP contribution in [0.4, 0.5) is 13.2 Å². The van der Waals surface area contributed by atoms with Crippen molar-refractivity contribution in [2.45, 2.75) is 31.9 Å². The third-order valence-electron chi connectivity index (χ3n) is 2.83. The smallest absolute Gasteiger partial charge is 0.329 e. The summed E-state index contributed by atoms with van der Waals surface area (Å²) in [5, 5.41) is 0. The van der Waals surface area contributed by atoms with Gasteiger partial charge < -0.3 is 5.73 Å². The van der Waals surface area contributed by atoms with Crippen molar-refractivity contribution in [3.05, 3.63) is 0 Å². The van der Waals surface area contributed by atoms with E-state index >= 15 is 0 Å². The fourth-order valence-corrected chi connectivity index (χ4v) is 1.87. The largest absolute Gasteiger partial charge is 0.414 e. The van der Waals surface area contributed by atoms with Crippen molar-refractivity contribution < 1.29 is 22.8 Å². The van der Waals surface area contributed by atoms with Crippen molar-refractivity contribution in [2.24, 2.45) is 11.1 Å². The minimum Gasteiger partial charge on any atom is -0.329 e. The first-order chi connectivity index (χ1) is 7.40. The number of hydroxylamine groups is 1. The van der Waals surface area contributed by atoms with E-state index < -0.39 is 24.1 Å². The quantitative estimate of drug-likeness (QED) is 0.724. The van der Waals surface area contributed by atoms with E-state index in [0.717, 1.165) is 12.8 Å². The first-order valence-electron chi connectivity index (χ1n) is 5.09. The van der Waals surface area contributed by atoms with Crippen molar-refractivity contribution in [1.82, 2.24) is 5.48 Å². The van der Waals surface area contributed by atoms with Crippen molar-refractivity contribution in [3.63, 3.8) is 0 Å². The van der Waals surface area contributed by atoms with Gasteiger partial charge in [-0.1, -0.05) is 12.8 Å². The van der Waals surface area contributed by atoms with Gasteiger partial charge in [0.2, 0.25) is 0 Å². The van der Waals surface area contributed by atoms with Crippen molar-refractivity contribution >= 4 is 5.91 Å². The zero-order chi connectivity index (χ0) is 12.2. The predicted molar refractivity (Wildman–Crippen MR) is 50.1 cm³/mol. The van der Waals surface area contributed by atoms with Crippen molar-refractivity contribution in [3.8, 4) is 0 Å². The molecule has 1 aliphatic carbocycles. The summed E-state index contributed by atoms with van der Waals surface area (Å²) in [6, 6.07) is 0. The molecule has 94 valence electrons. The first-order valence-corrected chi connectivity index (χ1v) is 5.09. The average molecular weight is 240 g/mol. The van der Waals surface area contributed by atoms with Gasteiger partial charge in [-0.3, -0.25) is 9.63 Å². The number of nitrogens with two attached hydrogens (primary N) is 1. The molecule has 1 saturated carbocycles. The Hall–Kier alpha value is -0.820. The molecule has 0 aromatic carbocycles. The minimum atomic E-state index is -4.45. The maximum absolute atomic E-state index is 11.8. The summed E-state index contributed by atoms with van der Waals surface area (Å²) in [6.07, 6.45) is -1.51. The van der Waals surface area contributed by atoms with Gasteiger partial charge in [-0.15, -0.1) is 0 Å². The molecule has 0 heterocycles. The lowest BCUT2D eigenvalue weighted by atomic mass is 9.86. The van der Waals surface area contributed by atoms with Gasteiger partial charge in [0.15, 0.2) is 6.61 Å². The molecule has 0 radical (unpaired) electrons. The molecule has 0 aromatic heterocycles. The van der Waals surface area contributed by atoms with Crippen LogP contribution in [0.3, 0.4) is 0 Å². The van der Waals surface area contributed by atoms with Gasteiger partial charge in [0.05, 0.1) is 5.41 Å². The number of nitrogens with one attached hydrogen (secondary N) is 1. The highest BCUT2D eigenvalue weighted by molar-refractivity contribution is 5.82. The number of alkyl halides is 3. The predicted octanol–water partition coefficient (Wildman–Crippen LogP) is 1.12. The van der Waals surface area contributed by atoms with Gasteiger partial charge in [-0.05, 0) is 12.8 Å². The number of hydrogen-bond donors (Lipinski definition) is 2. The summed E-state index contributed by atoms with van der Waals surface area (Å²) in [6.45, 7) is -1.35. The Morgan fingerprint density at radius 2 is 1.94 bits per heavy atom. The maximum atomic E-state index is 11.8. The van der Waals surface area contributed by atoms with E-state index in [-0.39, 0.29) is 6.54 Å². The van der Waals surface area contributed by atoms with Gasteiger partial charge in [0.25, 0.3) is 5.91 Å². The molecule has 16 heavy (non-hydrogen) atoms. The van der Waals surface area contributed by atoms with Crippen LogP contribution < -0.4 is 11.2 Å². The molecule has 1 fully saturated rings. The number of halogens is 3. The SMILES string of the molecule is NCC1(C(=O)NOCC(F)(F)F)CCCC1. The topological polar surface area (TPSA) is 64.4 Å². The molecule has 1 amide bonds. The Morgan fingerprint density at radius 1 is 1.38 bits per heavy atom. The minimum absolute atomic E-state index is 0.133. The third kappa shape index (κ3) is 3.34. The van der Waals surface area contributed by atoms with Gasteiger partial charge in [0.1, 0.15) is 0 Å². The molecule has 0 bridgehead atoms. The molecule has 0 aromatic rings. The second-order valence-corrected chi connectivity index (χ2v) is 4.03. The highest BCUT2D eigenvalue weighted by atomic mass is 19.4. The first kappa shape index (κ1) is 13.2. The van der Waals surface area contributed by atoms with Crippen LogP contribution in [0.25, 0.3) is 0 Å². The summed E-state index contributed by atoms with van der Waals surface area (Å²) >= 11 is 0. The van der Waals surface area contributed by atoms with E-state index in [0.29, 0.717) is 12.8 Å². The number of carbonyl (C=O) groups excluding carboxylic acids is 1. The molecule has 0 saturated heterocycles. The third-order valence-corrected chi connectivity index (χ3v) is 2.83. The van der Waals surface area contributed by atoms with Crippen LogP contribution in [-0.2, 0) is 9.63 Å². The average Bonchev–Trinajstić information content (AvgIpc) is 2.65. The highest BCUT2D eigenvalue weighted by Crippen LogP contribution is 2.37. The molecular weight excluding hydrogens is 225 g/mol. The second kappa shape index (κ2) is 5.01. The van der Waals surface area contributed by atoms with Crippen LogP contribution in [0.2, 0.25) is 0 Å². The second-order valence-electron chi connectivity index (χ2n) is 4.03. The summed E-state index contributed by atoms with van der Waals surface area (Å²) in [7, 11) is 0. The monoisotopic (exact) mass is 240 g/mol. The van der Waals surface area contributed by atoms with E-state index in [4.69, 9.17) is 5.73 Å². The molecule has 3 N–H and O–H groups in total. The van der Waals surface area contributed by atoms with Crippen LogP contribution in [0.1, 0.15) is 25.7 Å².